The Balaban J connectivity index is 1.65. The predicted octanol–water partition coefficient (Wildman–Crippen LogP) is 2.45. The zero-order chi connectivity index (χ0) is 19.0. The van der Waals surface area contributed by atoms with Gasteiger partial charge in [0, 0.05) is 50.1 Å². The standard InChI is InChI=1S/C19H24N8/c1-12-7-18(20-3)24-19(22-12)23-15-8-17(13(2)21-9-15)27-11-14-10-26(4)6-5-16(14)25-27/h7-9,11H,5-6,10H2,1-4H3,(H2,20,22,23,24). The molecule has 0 atom stereocenters. The lowest BCUT2D eigenvalue weighted by Crippen LogP contribution is -2.25. The number of nitrogens with zero attached hydrogens (tertiary/aromatic N) is 6. The molecule has 0 amide bonds. The van der Waals surface area contributed by atoms with E-state index in [0.29, 0.717) is 5.95 Å². The Kier molecular flexibility index (Phi) is 4.49. The van der Waals surface area contributed by atoms with Crippen LogP contribution in [0.4, 0.5) is 17.5 Å². The van der Waals surface area contributed by atoms with E-state index in [4.69, 9.17) is 5.10 Å². The maximum Gasteiger partial charge on any atom is 0.229 e. The van der Waals surface area contributed by atoms with Crippen LogP contribution in [0.5, 0.6) is 0 Å². The highest BCUT2D eigenvalue weighted by atomic mass is 15.3. The number of hydrogen-bond donors (Lipinski definition) is 2. The van der Waals surface area contributed by atoms with Gasteiger partial charge in [0.1, 0.15) is 5.82 Å². The first kappa shape index (κ1) is 17.4. The Labute approximate surface area is 158 Å². The fourth-order valence-electron chi connectivity index (χ4n) is 3.28. The molecule has 1 aliphatic rings. The number of aromatic nitrogens is 5. The average Bonchev–Trinajstić information content (AvgIpc) is 3.05. The number of pyridine rings is 1. The van der Waals surface area contributed by atoms with Gasteiger partial charge < -0.3 is 15.5 Å². The van der Waals surface area contributed by atoms with Crippen LogP contribution in [0.3, 0.4) is 0 Å². The molecule has 4 rings (SSSR count). The van der Waals surface area contributed by atoms with Crippen molar-refractivity contribution in [3.8, 4) is 5.69 Å². The molecule has 3 aromatic heterocycles. The monoisotopic (exact) mass is 364 g/mol. The molecule has 0 saturated heterocycles. The van der Waals surface area contributed by atoms with Gasteiger partial charge in [-0.1, -0.05) is 0 Å². The first-order valence-corrected chi connectivity index (χ1v) is 9.05. The van der Waals surface area contributed by atoms with Crippen molar-refractivity contribution in [2.24, 2.45) is 0 Å². The first-order valence-electron chi connectivity index (χ1n) is 9.05. The highest BCUT2D eigenvalue weighted by Crippen LogP contribution is 2.23. The Morgan fingerprint density at radius 3 is 2.81 bits per heavy atom. The van der Waals surface area contributed by atoms with Crippen LogP contribution in [0.25, 0.3) is 5.69 Å². The SMILES string of the molecule is CNc1cc(C)nc(Nc2cnc(C)c(-n3cc4c(n3)CCN(C)C4)c2)n1. The molecule has 0 fully saturated rings. The topological polar surface area (TPSA) is 83.8 Å². The normalized spacial score (nSPS) is 14.1. The lowest BCUT2D eigenvalue weighted by molar-refractivity contribution is 0.311. The Morgan fingerprint density at radius 1 is 1.15 bits per heavy atom. The van der Waals surface area contributed by atoms with Crippen molar-refractivity contribution in [1.29, 1.82) is 0 Å². The molecular weight excluding hydrogens is 340 g/mol. The number of aryl methyl sites for hydroxylation is 2. The smallest absolute Gasteiger partial charge is 0.229 e. The Bertz CT molecular complexity index is 978. The molecule has 1 aliphatic heterocycles. The fourth-order valence-corrected chi connectivity index (χ4v) is 3.28. The minimum atomic E-state index is 0.539. The van der Waals surface area contributed by atoms with E-state index in [2.05, 4.69) is 43.7 Å². The zero-order valence-corrected chi connectivity index (χ0v) is 16.1. The van der Waals surface area contributed by atoms with Crippen LogP contribution < -0.4 is 10.6 Å². The van der Waals surface area contributed by atoms with Crippen molar-refractivity contribution in [2.75, 3.05) is 31.3 Å². The van der Waals surface area contributed by atoms with Crippen LogP contribution in [-0.4, -0.2) is 50.3 Å². The van der Waals surface area contributed by atoms with Gasteiger partial charge >= 0.3 is 0 Å². The van der Waals surface area contributed by atoms with Gasteiger partial charge in [-0.25, -0.2) is 9.67 Å². The van der Waals surface area contributed by atoms with Gasteiger partial charge in [0.15, 0.2) is 0 Å². The molecule has 4 heterocycles. The summed E-state index contributed by atoms with van der Waals surface area (Å²) in [6.07, 6.45) is 4.88. The van der Waals surface area contributed by atoms with Gasteiger partial charge in [-0.15, -0.1) is 0 Å². The zero-order valence-electron chi connectivity index (χ0n) is 16.1. The van der Waals surface area contributed by atoms with Gasteiger partial charge in [-0.05, 0) is 27.0 Å². The molecule has 140 valence electrons. The van der Waals surface area contributed by atoms with Gasteiger partial charge in [-0.3, -0.25) is 4.98 Å². The molecule has 3 aromatic rings. The molecule has 27 heavy (non-hydrogen) atoms. The van der Waals surface area contributed by atoms with Crippen molar-refractivity contribution in [2.45, 2.75) is 26.8 Å². The van der Waals surface area contributed by atoms with Crippen molar-refractivity contribution in [3.05, 3.63) is 47.2 Å². The van der Waals surface area contributed by atoms with Crippen molar-refractivity contribution in [3.63, 3.8) is 0 Å². The molecule has 0 aliphatic carbocycles. The van der Waals surface area contributed by atoms with E-state index in [1.807, 2.05) is 37.7 Å². The highest BCUT2D eigenvalue weighted by Gasteiger charge is 2.18. The first-order chi connectivity index (χ1) is 13.0. The third kappa shape index (κ3) is 3.61. The van der Waals surface area contributed by atoms with Gasteiger partial charge in [0.25, 0.3) is 0 Å². The van der Waals surface area contributed by atoms with Crippen LogP contribution in [0.1, 0.15) is 22.6 Å². The number of rotatable bonds is 4. The molecule has 8 nitrogen and oxygen atoms in total. The van der Waals surface area contributed by atoms with E-state index in [0.717, 1.165) is 48.1 Å². The van der Waals surface area contributed by atoms with E-state index in [1.54, 1.807) is 6.20 Å². The molecule has 0 unspecified atom stereocenters. The predicted molar refractivity (Wildman–Crippen MR) is 106 cm³/mol. The summed E-state index contributed by atoms with van der Waals surface area (Å²) in [5.74, 6) is 1.31. The number of anilines is 3. The minimum Gasteiger partial charge on any atom is -0.373 e. The number of nitrogens with one attached hydrogen (secondary N) is 2. The van der Waals surface area contributed by atoms with Crippen LogP contribution in [-0.2, 0) is 13.0 Å². The summed E-state index contributed by atoms with van der Waals surface area (Å²) in [4.78, 5) is 15.7. The Hall–Kier alpha value is -3.00. The molecule has 0 radical (unpaired) electrons. The van der Waals surface area contributed by atoms with Crippen LogP contribution in [0.15, 0.2) is 24.5 Å². The van der Waals surface area contributed by atoms with E-state index in [1.165, 1.54) is 11.3 Å². The quantitative estimate of drug-likeness (QED) is 0.735. The lowest BCUT2D eigenvalue weighted by atomic mass is 10.1. The lowest BCUT2D eigenvalue weighted by Gasteiger charge is -2.20. The largest absolute Gasteiger partial charge is 0.373 e. The fraction of sp³-hybridized carbons (Fsp3) is 0.368. The number of fused-ring (bicyclic) bond motifs is 1. The molecular formula is C19H24N8. The highest BCUT2D eigenvalue weighted by molar-refractivity contribution is 5.58. The second-order valence-electron chi connectivity index (χ2n) is 6.96. The summed E-state index contributed by atoms with van der Waals surface area (Å²) in [6, 6.07) is 3.94. The van der Waals surface area contributed by atoms with Gasteiger partial charge in [0.05, 0.1) is 29.0 Å². The maximum absolute atomic E-state index is 4.79. The van der Waals surface area contributed by atoms with Gasteiger partial charge in [0.2, 0.25) is 5.95 Å². The molecule has 8 heteroatoms. The summed E-state index contributed by atoms with van der Waals surface area (Å²) >= 11 is 0. The third-order valence-electron chi connectivity index (χ3n) is 4.72. The summed E-state index contributed by atoms with van der Waals surface area (Å²) < 4.78 is 1.94. The van der Waals surface area contributed by atoms with Crippen LogP contribution >= 0.6 is 0 Å². The number of hydrogen-bond acceptors (Lipinski definition) is 7. The Morgan fingerprint density at radius 2 is 2.00 bits per heavy atom. The van der Waals surface area contributed by atoms with E-state index < -0.39 is 0 Å². The van der Waals surface area contributed by atoms with Crippen molar-refractivity contribution in [1.82, 2.24) is 29.6 Å². The van der Waals surface area contributed by atoms with Crippen LogP contribution in [0.2, 0.25) is 0 Å². The summed E-state index contributed by atoms with van der Waals surface area (Å²) in [7, 11) is 3.98. The second kappa shape index (κ2) is 6.96. The molecule has 0 spiro atoms. The van der Waals surface area contributed by atoms with Crippen molar-refractivity contribution >= 4 is 17.5 Å². The van der Waals surface area contributed by atoms with Gasteiger partial charge in [-0.2, -0.15) is 10.1 Å². The average molecular weight is 364 g/mol. The van der Waals surface area contributed by atoms with E-state index in [-0.39, 0.29) is 0 Å². The van der Waals surface area contributed by atoms with E-state index in [9.17, 15) is 0 Å². The van der Waals surface area contributed by atoms with E-state index >= 15 is 0 Å². The second-order valence-corrected chi connectivity index (χ2v) is 6.96. The summed E-state index contributed by atoms with van der Waals surface area (Å²) in [5, 5.41) is 11.1. The molecule has 0 saturated carbocycles. The van der Waals surface area contributed by atoms with Crippen molar-refractivity contribution < 1.29 is 0 Å². The molecule has 2 N–H and O–H groups in total. The minimum absolute atomic E-state index is 0.539. The number of likely N-dealkylation sites (N-methyl/N-ethyl adjacent to an activating group) is 1. The molecule has 0 aromatic carbocycles. The summed E-state index contributed by atoms with van der Waals surface area (Å²) in [6.45, 7) is 5.91. The molecule has 0 bridgehead atoms. The maximum atomic E-state index is 4.79. The summed E-state index contributed by atoms with van der Waals surface area (Å²) in [5.41, 5.74) is 6.05. The third-order valence-corrected chi connectivity index (χ3v) is 4.72. The van der Waals surface area contributed by atoms with Crippen LogP contribution in [0, 0.1) is 13.8 Å².